The summed E-state index contributed by atoms with van der Waals surface area (Å²) in [5.74, 6) is 0. The molecule has 6 nitrogen and oxygen atoms in total. The lowest BCUT2D eigenvalue weighted by Crippen LogP contribution is -2.16. The molecule has 0 unspecified atom stereocenters. The van der Waals surface area contributed by atoms with Crippen LogP contribution in [0.1, 0.15) is 12.8 Å². The van der Waals surface area contributed by atoms with Gasteiger partial charge in [-0.3, -0.25) is 0 Å². The first-order valence-corrected chi connectivity index (χ1v) is 6.98. The molecule has 0 rings (SSSR count). The molecule has 0 fully saturated rings. The van der Waals surface area contributed by atoms with Gasteiger partial charge < -0.3 is 29.4 Å². The van der Waals surface area contributed by atoms with Crippen molar-refractivity contribution < 1.29 is 24.1 Å². The van der Waals surface area contributed by atoms with Gasteiger partial charge in [-0.05, 0) is 19.9 Å². The maximum absolute atomic E-state index is 8.48. The second-order valence-corrected chi connectivity index (χ2v) is 3.98. The van der Waals surface area contributed by atoms with E-state index in [0.717, 1.165) is 39.2 Å². The van der Waals surface area contributed by atoms with Gasteiger partial charge in [0.05, 0.1) is 46.2 Å². The van der Waals surface area contributed by atoms with Gasteiger partial charge in [0.25, 0.3) is 0 Å². The first-order valence-electron chi connectivity index (χ1n) is 6.98. The Bertz CT molecular complexity index is 144. The van der Waals surface area contributed by atoms with Gasteiger partial charge in [-0.2, -0.15) is 0 Å². The Morgan fingerprint density at radius 2 is 1.16 bits per heavy atom. The van der Waals surface area contributed by atoms with E-state index in [1.54, 1.807) is 0 Å². The minimum absolute atomic E-state index is 0.0655. The quantitative estimate of drug-likeness (QED) is 0.389. The molecule has 0 heterocycles. The van der Waals surface area contributed by atoms with Crippen molar-refractivity contribution in [1.82, 2.24) is 5.32 Å². The van der Waals surface area contributed by atoms with Crippen molar-refractivity contribution in [3.8, 4) is 0 Å². The minimum atomic E-state index is 0.0655. The molecule has 2 N–H and O–H groups in total. The van der Waals surface area contributed by atoms with E-state index >= 15 is 0 Å². The van der Waals surface area contributed by atoms with Gasteiger partial charge in [-0.25, -0.2) is 0 Å². The normalized spacial score (nSPS) is 11.1. The second kappa shape index (κ2) is 17.8. The van der Waals surface area contributed by atoms with E-state index in [1.807, 2.05) is 7.05 Å². The maximum Gasteiger partial charge on any atom is 0.0701 e. The number of aliphatic hydroxyl groups excluding tert-OH is 1. The molecule has 0 aromatic heterocycles. The molecule has 0 aliphatic rings. The average molecular weight is 279 g/mol. The van der Waals surface area contributed by atoms with Crippen molar-refractivity contribution in [2.24, 2.45) is 0 Å². The van der Waals surface area contributed by atoms with Gasteiger partial charge in [0.1, 0.15) is 0 Å². The number of rotatable bonds is 16. The van der Waals surface area contributed by atoms with Crippen LogP contribution in [-0.4, -0.2) is 78.2 Å². The summed E-state index contributed by atoms with van der Waals surface area (Å²) in [7, 11) is 1.90. The fourth-order valence-electron chi connectivity index (χ4n) is 1.29. The zero-order valence-corrected chi connectivity index (χ0v) is 12.1. The van der Waals surface area contributed by atoms with E-state index in [4.69, 9.17) is 24.1 Å². The third kappa shape index (κ3) is 17.8. The lowest BCUT2D eigenvalue weighted by molar-refractivity contribution is 0.0263. The Hall–Kier alpha value is -0.240. The Morgan fingerprint density at radius 1 is 0.684 bits per heavy atom. The van der Waals surface area contributed by atoms with Gasteiger partial charge in [-0.1, -0.05) is 0 Å². The van der Waals surface area contributed by atoms with Crippen LogP contribution in [0.15, 0.2) is 0 Å². The van der Waals surface area contributed by atoms with E-state index < -0.39 is 0 Å². The van der Waals surface area contributed by atoms with Crippen LogP contribution < -0.4 is 5.32 Å². The molecule has 0 bridgehead atoms. The molecular weight excluding hydrogens is 250 g/mol. The van der Waals surface area contributed by atoms with E-state index in [1.165, 1.54) is 0 Å². The predicted molar refractivity (Wildman–Crippen MR) is 73.5 cm³/mol. The number of likely N-dealkylation sites (N-methyl/N-ethyl adjacent to an activating group) is 1. The lowest BCUT2D eigenvalue weighted by Gasteiger charge is -2.06. The fraction of sp³-hybridized carbons (Fsp3) is 1.00. The summed E-state index contributed by atoms with van der Waals surface area (Å²) in [5.41, 5.74) is 0. The van der Waals surface area contributed by atoms with Gasteiger partial charge in [0.15, 0.2) is 0 Å². The van der Waals surface area contributed by atoms with Crippen molar-refractivity contribution in [3.05, 3.63) is 0 Å². The Labute approximate surface area is 116 Å². The third-order valence-electron chi connectivity index (χ3n) is 2.30. The Balaban J connectivity index is 2.88. The number of aliphatic hydroxyl groups is 1. The van der Waals surface area contributed by atoms with Crippen LogP contribution in [0.3, 0.4) is 0 Å². The molecule has 0 aliphatic heterocycles. The largest absolute Gasteiger partial charge is 0.394 e. The molecule has 0 aromatic rings. The van der Waals surface area contributed by atoms with E-state index in [-0.39, 0.29) is 6.61 Å². The minimum Gasteiger partial charge on any atom is -0.394 e. The number of ether oxygens (including phenoxy) is 4. The summed E-state index contributed by atoms with van der Waals surface area (Å²) < 4.78 is 21.2. The summed E-state index contributed by atoms with van der Waals surface area (Å²) in [5, 5.41) is 11.5. The lowest BCUT2D eigenvalue weighted by atomic mass is 10.3. The molecule has 0 aliphatic carbocycles. The molecule has 0 atom stereocenters. The molecule has 0 spiro atoms. The van der Waals surface area contributed by atoms with Crippen LogP contribution in [0, 0.1) is 0 Å². The van der Waals surface area contributed by atoms with Crippen molar-refractivity contribution in [1.29, 1.82) is 0 Å². The molecule has 19 heavy (non-hydrogen) atoms. The molecular formula is C13H29NO5. The second-order valence-electron chi connectivity index (χ2n) is 3.98. The molecule has 0 aromatic carbocycles. The molecule has 0 saturated heterocycles. The predicted octanol–water partition coefficient (Wildman–Crippen LogP) is 0.0447. The highest BCUT2D eigenvalue weighted by molar-refractivity contribution is 4.40. The zero-order valence-electron chi connectivity index (χ0n) is 12.1. The number of hydrogen-bond donors (Lipinski definition) is 2. The molecule has 6 heteroatoms. The summed E-state index contributed by atoms with van der Waals surface area (Å²) in [6.07, 6.45) is 1.98. The van der Waals surface area contributed by atoms with Crippen molar-refractivity contribution in [2.45, 2.75) is 12.8 Å². The Morgan fingerprint density at radius 3 is 1.63 bits per heavy atom. The zero-order chi connectivity index (χ0) is 14.0. The maximum atomic E-state index is 8.48. The van der Waals surface area contributed by atoms with Gasteiger partial charge >= 0.3 is 0 Å². The smallest absolute Gasteiger partial charge is 0.0701 e. The van der Waals surface area contributed by atoms with Gasteiger partial charge in [-0.15, -0.1) is 0 Å². The SMILES string of the molecule is CNCCOCCOCCCCOCCOCCO. The van der Waals surface area contributed by atoms with E-state index in [0.29, 0.717) is 33.0 Å². The third-order valence-corrected chi connectivity index (χ3v) is 2.30. The topological polar surface area (TPSA) is 69.2 Å². The standard InChI is InChI=1S/C13H29NO5/c1-14-4-8-18-12-10-16-6-2-3-7-17-11-13-19-9-5-15/h14-15H,2-13H2,1H3. The molecule has 0 amide bonds. The Kier molecular flexibility index (Phi) is 17.5. The first-order chi connectivity index (χ1) is 9.41. The van der Waals surface area contributed by atoms with Crippen LogP contribution in [0.4, 0.5) is 0 Å². The average Bonchev–Trinajstić information content (AvgIpc) is 2.43. The van der Waals surface area contributed by atoms with Crippen molar-refractivity contribution >= 4 is 0 Å². The monoisotopic (exact) mass is 279 g/mol. The number of unbranched alkanes of at least 4 members (excludes halogenated alkanes) is 1. The van der Waals surface area contributed by atoms with Crippen LogP contribution in [0.2, 0.25) is 0 Å². The highest BCUT2D eigenvalue weighted by atomic mass is 16.5. The van der Waals surface area contributed by atoms with E-state index in [2.05, 4.69) is 5.32 Å². The highest BCUT2D eigenvalue weighted by Crippen LogP contribution is 1.92. The summed E-state index contributed by atoms with van der Waals surface area (Å²) >= 11 is 0. The van der Waals surface area contributed by atoms with Crippen LogP contribution in [0.25, 0.3) is 0 Å². The number of hydrogen-bond acceptors (Lipinski definition) is 6. The van der Waals surface area contributed by atoms with Crippen molar-refractivity contribution in [3.63, 3.8) is 0 Å². The van der Waals surface area contributed by atoms with Crippen molar-refractivity contribution in [2.75, 3.05) is 73.1 Å². The van der Waals surface area contributed by atoms with Crippen LogP contribution >= 0.6 is 0 Å². The first kappa shape index (κ1) is 18.8. The highest BCUT2D eigenvalue weighted by Gasteiger charge is 1.93. The summed E-state index contributed by atoms with van der Waals surface area (Å²) in [6.45, 7) is 5.96. The molecule has 116 valence electrons. The summed E-state index contributed by atoms with van der Waals surface area (Å²) in [6, 6.07) is 0. The van der Waals surface area contributed by atoms with E-state index in [9.17, 15) is 0 Å². The summed E-state index contributed by atoms with van der Waals surface area (Å²) in [4.78, 5) is 0. The number of nitrogens with one attached hydrogen (secondary N) is 1. The molecule has 0 saturated carbocycles. The van der Waals surface area contributed by atoms with Crippen LogP contribution in [0.5, 0.6) is 0 Å². The fourth-order valence-corrected chi connectivity index (χ4v) is 1.29. The van der Waals surface area contributed by atoms with Gasteiger partial charge in [0, 0.05) is 19.8 Å². The van der Waals surface area contributed by atoms with Gasteiger partial charge in [0.2, 0.25) is 0 Å². The van der Waals surface area contributed by atoms with Crippen LogP contribution in [-0.2, 0) is 18.9 Å². The molecule has 0 radical (unpaired) electrons.